The number of esters is 1. The Balaban J connectivity index is 0.885. The summed E-state index contributed by atoms with van der Waals surface area (Å²) in [4.78, 5) is 70.8. The van der Waals surface area contributed by atoms with Gasteiger partial charge in [0.05, 0.1) is 18.0 Å². The Labute approximate surface area is 367 Å². The van der Waals surface area contributed by atoms with Gasteiger partial charge in [-0.3, -0.25) is 24.1 Å². The molecule has 326 valence electrons. The SMILES string of the molecule is CC(=O)OCC(=O)NCCCOc1cccc(CN2CCCC(CNC(=O)CCSCc3cccc(NC(=O)N[C@@H]4N=C(c5ccccc5)c5ccccc5N(C)C4=O)c3)C2)c1. The maximum absolute atomic E-state index is 13.5. The Morgan fingerprint density at radius 3 is 2.52 bits per heavy atom. The Hall–Kier alpha value is -6.19. The molecule has 1 fully saturated rings. The summed E-state index contributed by atoms with van der Waals surface area (Å²) in [6.07, 6.45) is 2.03. The molecule has 2 heterocycles. The number of amides is 5. The molecule has 0 aliphatic carbocycles. The lowest BCUT2D eigenvalue weighted by Crippen LogP contribution is -2.47. The van der Waals surface area contributed by atoms with Gasteiger partial charge in [0.1, 0.15) is 5.75 Å². The van der Waals surface area contributed by atoms with Crippen molar-refractivity contribution >= 4 is 58.6 Å². The fourth-order valence-electron chi connectivity index (χ4n) is 7.34. The van der Waals surface area contributed by atoms with Gasteiger partial charge in [0.15, 0.2) is 6.61 Å². The van der Waals surface area contributed by atoms with Crippen molar-refractivity contribution < 1.29 is 33.4 Å². The highest BCUT2D eigenvalue weighted by Gasteiger charge is 2.31. The Morgan fingerprint density at radius 2 is 1.68 bits per heavy atom. The summed E-state index contributed by atoms with van der Waals surface area (Å²) in [5.74, 6) is 1.33. The lowest BCUT2D eigenvalue weighted by molar-refractivity contribution is -0.146. The second-order valence-electron chi connectivity index (χ2n) is 15.3. The summed E-state index contributed by atoms with van der Waals surface area (Å²) in [5.41, 5.74) is 5.71. The zero-order valence-corrected chi connectivity index (χ0v) is 36.1. The number of piperidine rings is 1. The first-order valence-corrected chi connectivity index (χ1v) is 22.1. The highest BCUT2D eigenvalue weighted by atomic mass is 32.2. The quantitative estimate of drug-likeness (QED) is 0.0678. The van der Waals surface area contributed by atoms with E-state index in [1.165, 1.54) is 11.8 Å². The summed E-state index contributed by atoms with van der Waals surface area (Å²) in [6, 6.07) is 32.2. The van der Waals surface area contributed by atoms with Crippen molar-refractivity contribution in [3.8, 4) is 5.75 Å². The van der Waals surface area contributed by atoms with Gasteiger partial charge in [-0.2, -0.15) is 11.8 Å². The number of benzene rings is 4. The van der Waals surface area contributed by atoms with Crippen molar-refractivity contribution in [3.63, 3.8) is 0 Å². The van der Waals surface area contributed by atoms with Gasteiger partial charge in [-0.05, 0) is 73.2 Å². The van der Waals surface area contributed by atoms with E-state index in [0.717, 1.165) is 60.5 Å². The number of nitrogens with one attached hydrogen (secondary N) is 4. The fraction of sp³-hybridized carbons (Fsp3) is 0.362. The van der Waals surface area contributed by atoms with Crippen LogP contribution in [0.4, 0.5) is 16.2 Å². The van der Waals surface area contributed by atoms with Crippen LogP contribution >= 0.6 is 11.8 Å². The van der Waals surface area contributed by atoms with Gasteiger partial charge in [0, 0.05) is 74.9 Å². The third-order valence-electron chi connectivity index (χ3n) is 10.4. The van der Waals surface area contributed by atoms with Crippen LogP contribution in [0, 0.1) is 5.92 Å². The van der Waals surface area contributed by atoms with Crippen LogP contribution in [-0.2, 0) is 36.2 Å². The molecule has 0 saturated carbocycles. The molecule has 0 spiro atoms. The van der Waals surface area contributed by atoms with Crippen LogP contribution in [0.2, 0.25) is 0 Å². The zero-order chi connectivity index (χ0) is 43.7. The second-order valence-corrected chi connectivity index (χ2v) is 16.4. The molecular weight excluding hydrogens is 807 g/mol. The maximum Gasteiger partial charge on any atom is 0.321 e. The van der Waals surface area contributed by atoms with Crippen molar-refractivity contribution in [1.29, 1.82) is 0 Å². The van der Waals surface area contributed by atoms with Crippen LogP contribution in [-0.4, -0.2) is 98.7 Å². The van der Waals surface area contributed by atoms with E-state index in [0.29, 0.717) is 67.0 Å². The Kier molecular flexibility index (Phi) is 16.9. The molecule has 0 radical (unpaired) electrons. The minimum atomic E-state index is -1.14. The van der Waals surface area contributed by atoms with E-state index in [1.807, 2.05) is 91.0 Å². The van der Waals surface area contributed by atoms with Crippen LogP contribution in [0.15, 0.2) is 108 Å². The molecule has 6 rings (SSSR count). The summed E-state index contributed by atoms with van der Waals surface area (Å²) < 4.78 is 10.6. The monoisotopic (exact) mass is 861 g/mol. The van der Waals surface area contributed by atoms with Gasteiger partial charge in [-0.25, -0.2) is 9.79 Å². The number of urea groups is 1. The standard InChI is InChI=1S/C47H55N7O7S/c1-33(55)61-31-43(57)48-22-11-24-60-39-18-9-12-34(27-39)29-54-23-10-14-36(30-54)28-49-42(56)21-25-62-32-35-13-8-17-38(26-35)50-47(59)52-45-46(58)53(2)41-20-7-6-19-40(41)44(51-45)37-15-4-3-5-16-37/h3-9,12-13,15-20,26-27,36,45H,10-11,14,21-25,28-32H2,1-2H3,(H,48,57)(H,49,56)(H2,50,52,59)/t36?,45-/m0/s1. The molecule has 1 unspecified atom stereocenters. The predicted molar refractivity (Wildman–Crippen MR) is 242 cm³/mol. The lowest BCUT2D eigenvalue weighted by atomic mass is 9.97. The minimum absolute atomic E-state index is 0.0374. The Morgan fingerprint density at radius 1 is 0.887 bits per heavy atom. The van der Waals surface area contributed by atoms with Crippen LogP contribution in [0.5, 0.6) is 5.75 Å². The molecule has 4 aromatic rings. The summed E-state index contributed by atoms with van der Waals surface area (Å²) in [7, 11) is 1.68. The van der Waals surface area contributed by atoms with Gasteiger partial charge in [-0.1, -0.05) is 72.8 Å². The molecule has 1 saturated heterocycles. The van der Waals surface area contributed by atoms with E-state index in [-0.39, 0.29) is 24.3 Å². The number of nitrogens with zero attached hydrogens (tertiary/aromatic N) is 3. The van der Waals surface area contributed by atoms with Gasteiger partial charge in [0.25, 0.3) is 11.8 Å². The van der Waals surface area contributed by atoms with Crippen LogP contribution in [0.3, 0.4) is 0 Å². The molecule has 4 N–H and O–H groups in total. The molecule has 0 aromatic heterocycles. The molecule has 0 bridgehead atoms. The number of aliphatic imine (C=N–C) groups is 1. The van der Waals surface area contributed by atoms with Crippen LogP contribution < -0.4 is 30.9 Å². The summed E-state index contributed by atoms with van der Waals surface area (Å²) in [5, 5.41) is 11.5. The molecule has 14 nitrogen and oxygen atoms in total. The number of carbonyl (C=O) groups is 5. The van der Waals surface area contributed by atoms with Crippen LogP contribution in [0.1, 0.15) is 54.9 Å². The average Bonchev–Trinajstić information content (AvgIpc) is 3.37. The van der Waals surface area contributed by atoms with Gasteiger partial charge >= 0.3 is 12.0 Å². The molecule has 4 aromatic carbocycles. The number of rotatable bonds is 19. The fourth-order valence-corrected chi connectivity index (χ4v) is 8.22. The third-order valence-corrected chi connectivity index (χ3v) is 11.4. The molecular formula is C47H55N7O7S. The molecule has 2 aliphatic heterocycles. The molecule has 2 atom stereocenters. The second kappa shape index (κ2) is 23.1. The highest BCUT2D eigenvalue weighted by molar-refractivity contribution is 7.98. The van der Waals surface area contributed by atoms with Gasteiger partial charge < -0.3 is 35.6 Å². The number of carbonyl (C=O) groups excluding carboxylic acids is 5. The Bertz CT molecular complexity index is 2200. The number of benzodiazepines with no additional fused rings is 1. The number of ether oxygens (including phenoxy) is 2. The maximum atomic E-state index is 13.5. The minimum Gasteiger partial charge on any atom is -0.494 e. The van der Waals surface area contributed by atoms with E-state index in [1.54, 1.807) is 24.9 Å². The predicted octanol–water partition coefficient (Wildman–Crippen LogP) is 5.75. The highest BCUT2D eigenvalue weighted by Crippen LogP contribution is 2.27. The summed E-state index contributed by atoms with van der Waals surface area (Å²) in [6.45, 7) is 5.20. The van der Waals surface area contributed by atoms with E-state index >= 15 is 0 Å². The van der Waals surface area contributed by atoms with Crippen molar-refractivity contribution in [2.75, 3.05) is 62.4 Å². The number of hydrogen-bond donors (Lipinski definition) is 4. The molecule has 2 aliphatic rings. The number of para-hydroxylation sites is 1. The van der Waals surface area contributed by atoms with Crippen molar-refractivity contribution in [2.45, 2.75) is 51.1 Å². The van der Waals surface area contributed by atoms with Gasteiger partial charge in [0.2, 0.25) is 12.1 Å². The van der Waals surface area contributed by atoms with E-state index in [2.05, 4.69) is 37.0 Å². The van der Waals surface area contributed by atoms with E-state index in [4.69, 9.17) is 9.73 Å². The normalized spacial score (nSPS) is 16.3. The number of likely N-dealkylation sites (N-methyl/N-ethyl adjacent to an activating group) is 1. The van der Waals surface area contributed by atoms with Crippen molar-refractivity contribution in [1.82, 2.24) is 20.9 Å². The lowest BCUT2D eigenvalue weighted by Gasteiger charge is -2.33. The first-order chi connectivity index (χ1) is 30.1. The molecule has 15 heteroatoms. The third kappa shape index (κ3) is 13.9. The smallest absolute Gasteiger partial charge is 0.321 e. The van der Waals surface area contributed by atoms with Crippen molar-refractivity contribution in [2.24, 2.45) is 10.9 Å². The van der Waals surface area contributed by atoms with E-state index < -0.39 is 18.2 Å². The first-order valence-electron chi connectivity index (χ1n) is 21.0. The van der Waals surface area contributed by atoms with Gasteiger partial charge in [-0.15, -0.1) is 0 Å². The zero-order valence-electron chi connectivity index (χ0n) is 35.3. The molecule has 5 amide bonds. The number of fused-ring (bicyclic) bond motifs is 1. The first kappa shape index (κ1) is 45.3. The number of likely N-dealkylation sites (tertiary alicyclic amines) is 1. The van der Waals surface area contributed by atoms with E-state index in [9.17, 15) is 24.0 Å². The van der Waals surface area contributed by atoms with Crippen molar-refractivity contribution in [3.05, 3.63) is 125 Å². The largest absolute Gasteiger partial charge is 0.494 e. The average molecular weight is 862 g/mol. The number of thioether (sulfide) groups is 1. The summed E-state index contributed by atoms with van der Waals surface area (Å²) >= 11 is 1.65. The topological polar surface area (TPSA) is 171 Å². The number of hydrogen-bond acceptors (Lipinski definition) is 10. The van der Waals surface area contributed by atoms with Crippen LogP contribution in [0.25, 0.3) is 0 Å². The number of anilines is 2. The molecule has 62 heavy (non-hydrogen) atoms.